The zero-order chi connectivity index (χ0) is 9.94. The van der Waals surface area contributed by atoms with Gasteiger partial charge in [-0.25, -0.2) is 0 Å². The van der Waals surface area contributed by atoms with Crippen LogP contribution in [0.5, 0.6) is 0 Å². The Balaban J connectivity index is 3.54. The van der Waals surface area contributed by atoms with Gasteiger partial charge in [0.1, 0.15) is 0 Å². The van der Waals surface area contributed by atoms with Gasteiger partial charge >= 0.3 is 0 Å². The van der Waals surface area contributed by atoms with Crippen LogP contribution in [0.3, 0.4) is 0 Å². The Morgan fingerprint density at radius 1 is 0.923 bits per heavy atom. The Hall–Kier alpha value is -0.460. The highest BCUT2D eigenvalue weighted by Crippen LogP contribution is 2.01. The SMILES string of the molecule is C/C=C/N(CCCC)CCCCC. The third kappa shape index (κ3) is 7.89. The summed E-state index contributed by atoms with van der Waals surface area (Å²) in [6, 6.07) is 0. The summed E-state index contributed by atoms with van der Waals surface area (Å²) in [5, 5.41) is 0. The van der Waals surface area contributed by atoms with Crippen LogP contribution >= 0.6 is 0 Å². The van der Waals surface area contributed by atoms with Crippen molar-refractivity contribution in [2.75, 3.05) is 13.1 Å². The van der Waals surface area contributed by atoms with Crippen LogP contribution in [0.25, 0.3) is 0 Å². The van der Waals surface area contributed by atoms with Gasteiger partial charge in [0.15, 0.2) is 0 Å². The van der Waals surface area contributed by atoms with Crippen LogP contribution in [0.2, 0.25) is 0 Å². The smallest absolute Gasteiger partial charge is 0.0172 e. The highest BCUT2D eigenvalue weighted by molar-refractivity contribution is 4.78. The summed E-state index contributed by atoms with van der Waals surface area (Å²) in [4.78, 5) is 2.44. The predicted molar refractivity (Wildman–Crippen MR) is 60.8 cm³/mol. The zero-order valence-electron chi connectivity index (χ0n) is 9.55. The lowest BCUT2D eigenvalue weighted by molar-refractivity contribution is 0.356. The molecule has 0 aromatic carbocycles. The van der Waals surface area contributed by atoms with Crippen molar-refractivity contribution in [3.05, 3.63) is 12.3 Å². The van der Waals surface area contributed by atoms with Gasteiger partial charge in [-0.1, -0.05) is 39.2 Å². The fourth-order valence-corrected chi connectivity index (χ4v) is 1.40. The van der Waals surface area contributed by atoms with Gasteiger partial charge in [-0.2, -0.15) is 0 Å². The van der Waals surface area contributed by atoms with Gasteiger partial charge < -0.3 is 4.90 Å². The molecule has 0 aromatic rings. The Bertz CT molecular complexity index is 118. The molecule has 0 saturated heterocycles. The van der Waals surface area contributed by atoms with Gasteiger partial charge in [-0.15, -0.1) is 0 Å². The molecule has 0 heterocycles. The van der Waals surface area contributed by atoms with Crippen molar-refractivity contribution in [1.29, 1.82) is 0 Å². The molecule has 0 atom stereocenters. The summed E-state index contributed by atoms with van der Waals surface area (Å²) >= 11 is 0. The second-order valence-corrected chi connectivity index (χ2v) is 3.58. The highest BCUT2D eigenvalue weighted by atomic mass is 15.1. The molecule has 0 radical (unpaired) electrons. The van der Waals surface area contributed by atoms with E-state index in [-0.39, 0.29) is 0 Å². The maximum absolute atomic E-state index is 2.44. The first-order valence-corrected chi connectivity index (χ1v) is 5.72. The summed E-state index contributed by atoms with van der Waals surface area (Å²) < 4.78 is 0. The minimum atomic E-state index is 1.23. The maximum atomic E-state index is 2.44. The van der Waals surface area contributed by atoms with Crippen molar-refractivity contribution in [3.63, 3.8) is 0 Å². The quantitative estimate of drug-likeness (QED) is 0.517. The zero-order valence-corrected chi connectivity index (χ0v) is 9.55. The first-order valence-electron chi connectivity index (χ1n) is 5.72. The minimum Gasteiger partial charge on any atom is -0.378 e. The molecule has 1 nitrogen and oxygen atoms in total. The van der Waals surface area contributed by atoms with E-state index in [9.17, 15) is 0 Å². The lowest BCUT2D eigenvalue weighted by atomic mass is 10.2. The molecule has 0 aliphatic carbocycles. The number of allylic oxidation sites excluding steroid dienone is 1. The third-order valence-electron chi connectivity index (χ3n) is 2.21. The van der Waals surface area contributed by atoms with E-state index in [0.29, 0.717) is 0 Å². The molecule has 0 fully saturated rings. The van der Waals surface area contributed by atoms with E-state index < -0.39 is 0 Å². The molecular weight excluding hydrogens is 158 g/mol. The molecule has 0 rings (SSSR count). The summed E-state index contributed by atoms with van der Waals surface area (Å²) in [6.07, 6.45) is 11.0. The van der Waals surface area contributed by atoms with E-state index in [1.165, 1.54) is 45.2 Å². The fourth-order valence-electron chi connectivity index (χ4n) is 1.40. The number of hydrogen-bond acceptors (Lipinski definition) is 1. The van der Waals surface area contributed by atoms with Crippen molar-refractivity contribution in [1.82, 2.24) is 4.90 Å². The second-order valence-electron chi connectivity index (χ2n) is 3.58. The van der Waals surface area contributed by atoms with E-state index in [4.69, 9.17) is 0 Å². The van der Waals surface area contributed by atoms with Crippen molar-refractivity contribution < 1.29 is 0 Å². The van der Waals surface area contributed by atoms with Gasteiger partial charge in [-0.3, -0.25) is 0 Å². The van der Waals surface area contributed by atoms with E-state index in [1.54, 1.807) is 0 Å². The Morgan fingerprint density at radius 2 is 1.54 bits per heavy atom. The number of nitrogens with zero attached hydrogens (tertiary/aromatic N) is 1. The van der Waals surface area contributed by atoms with Crippen molar-refractivity contribution in [2.45, 2.75) is 52.9 Å². The summed E-state index contributed by atoms with van der Waals surface area (Å²) in [7, 11) is 0. The van der Waals surface area contributed by atoms with Crippen LogP contribution in [0.15, 0.2) is 12.3 Å². The average Bonchev–Trinajstić information content (AvgIpc) is 2.14. The first-order chi connectivity index (χ1) is 6.35. The van der Waals surface area contributed by atoms with Crippen LogP contribution < -0.4 is 0 Å². The molecule has 0 saturated carbocycles. The maximum Gasteiger partial charge on any atom is 0.0172 e. The first kappa shape index (κ1) is 12.5. The summed E-state index contributed by atoms with van der Waals surface area (Å²) in [6.45, 7) is 9.06. The Kier molecular flexibility index (Phi) is 9.29. The monoisotopic (exact) mass is 183 g/mol. The minimum absolute atomic E-state index is 1.23. The molecule has 0 N–H and O–H groups in total. The third-order valence-corrected chi connectivity index (χ3v) is 2.21. The van der Waals surface area contributed by atoms with E-state index in [2.05, 4.69) is 37.9 Å². The van der Waals surface area contributed by atoms with Crippen LogP contribution in [0.4, 0.5) is 0 Å². The Morgan fingerprint density at radius 3 is 2.08 bits per heavy atom. The van der Waals surface area contributed by atoms with E-state index >= 15 is 0 Å². The van der Waals surface area contributed by atoms with Crippen LogP contribution in [-0.2, 0) is 0 Å². The molecule has 0 aromatic heterocycles. The molecule has 0 bridgehead atoms. The lowest BCUT2D eigenvalue weighted by Gasteiger charge is -2.19. The van der Waals surface area contributed by atoms with Crippen molar-refractivity contribution in [2.24, 2.45) is 0 Å². The topological polar surface area (TPSA) is 3.24 Å². The van der Waals surface area contributed by atoms with Crippen molar-refractivity contribution >= 4 is 0 Å². The standard InChI is InChI=1S/C12H25N/c1-4-7-9-12-13(10-6-3)11-8-5-2/h6,10H,4-5,7-9,11-12H2,1-3H3/b10-6+. The number of unbranched alkanes of at least 4 members (excludes halogenated alkanes) is 3. The fraction of sp³-hybridized carbons (Fsp3) is 0.833. The summed E-state index contributed by atoms with van der Waals surface area (Å²) in [5.41, 5.74) is 0. The van der Waals surface area contributed by atoms with Gasteiger partial charge in [0.05, 0.1) is 0 Å². The molecule has 0 aliphatic heterocycles. The van der Waals surface area contributed by atoms with E-state index in [0.717, 1.165) is 0 Å². The highest BCUT2D eigenvalue weighted by Gasteiger charge is 1.96. The molecule has 0 unspecified atom stereocenters. The van der Waals surface area contributed by atoms with Gasteiger partial charge in [0, 0.05) is 13.1 Å². The Labute approximate surface area is 83.8 Å². The number of hydrogen-bond donors (Lipinski definition) is 0. The second kappa shape index (κ2) is 9.63. The summed E-state index contributed by atoms with van der Waals surface area (Å²) in [5.74, 6) is 0. The molecule has 13 heavy (non-hydrogen) atoms. The van der Waals surface area contributed by atoms with Gasteiger partial charge in [0.2, 0.25) is 0 Å². The van der Waals surface area contributed by atoms with E-state index in [1.807, 2.05) is 0 Å². The molecular formula is C12H25N. The van der Waals surface area contributed by atoms with Gasteiger partial charge in [-0.05, 0) is 26.0 Å². The largest absolute Gasteiger partial charge is 0.378 e. The molecule has 0 spiro atoms. The molecule has 0 amide bonds. The average molecular weight is 183 g/mol. The van der Waals surface area contributed by atoms with Crippen molar-refractivity contribution in [3.8, 4) is 0 Å². The normalized spacial score (nSPS) is 11.0. The predicted octanol–water partition coefficient (Wildman–Crippen LogP) is 3.81. The molecule has 1 heteroatoms. The van der Waals surface area contributed by atoms with Crippen LogP contribution in [0.1, 0.15) is 52.9 Å². The van der Waals surface area contributed by atoms with Gasteiger partial charge in [0.25, 0.3) is 0 Å². The molecule has 78 valence electrons. The number of rotatable bonds is 8. The van der Waals surface area contributed by atoms with Crippen LogP contribution in [0, 0.1) is 0 Å². The lowest BCUT2D eigenvalue weighted by Crippen LogP contribution is -2.19. The van der Waals surface area contributed by atoms with Crippen LogP contribution in [-0.4, -0.2) is 18.0 Å². The molecule has 0 aliphatic rings.